The number of benzene rings is 2. The van der Waals surface area contributed by atoms with Crippen molar-refractivity contribution < 1.29 is 17.5 Å². The lowest BCUT2D eigenvalue weighted by atomic mass is 10.2. The second-order valence-corrected chi connectivity index (χ2v) is 8.94. The molecule has 168 valence electrons. The van der Waals surface area contributed by atoms with Gasteiger partial charge in [-0.3, -0.25) is 4.72 Å². The van der Waals surface area contributed by atoms with Crippen molar-refractivity contribution in [3.63, 3.8) is 0 Å². The van der Waals surface area contributed by atoms with E-state index in [2.05, 4.69) is 19.7 Å². The quantitative estimate of drug-likeness (QED) is 0.391. The van der Waals surface area contributed by atoms with Crippen molar-refractivity contribution in [2.75, 3.05) is 10.5 Å². The molecule has 2 aromatic heterocycles. The molecule has 0 saturated heterocycles. The SMILES string of the molecule is Nc1nccc(-c2cccnc2Oc2ccc(NS(=O)(=O)Cc3ccccc3)c(Cl)c2F)n1. The largest absolute Gasteiger partial charge is 0.435 e. The zero-order valence-electron chi connectivity index (χ0n) is 16.9. The topological polar surface area (TPSA) is 120 Å². The summed E-state index contributed by atoms with van der Waals surface area (Å²) in [6.07, 6.45) is 2.94. The maximum atomic E-state index is 15.0. The zero-order chi connectivity index (χ0) is 23.4. The molecule has 8 nitrogen and oxygen atoms in total. The van der Waals surface area contributed by atoms with Crippen molar-refractivity contribution in [2.24, 2.45) is 0 Å². The minimum Gasteiger partial charge on any atom is -0.435 e. The highest BCUT2D eigenvalue weighted by molar-refractivity contribution is 7.91. The predicted molar refractivity (Wildman–Crippen MR) is 124 cm³/mol. The molecule has 33 heavy (non-hydrogen) atoms. The van der Waals surface area contributed by atoms with E-state index in [-0.39, 0.29) is 29.0 Å². The Balaban J connectivity index is 1.59. The molecule has 0 spiro atoms. The Bertz CT molecular complexity index is 1400. The van der Waals surface area contributed by atoms with Gasteiger partial charge in [0.1, 0.15) is 5.02 Å². The average molecular weight is 486 g/mol. The Morgan fingerprint density at radius 3 is 2.55 bits per heavy atom. The van der Waals surface area contributed by atoms with E-state index in [0.717, 1.165) is 0 Å². The van der Waals surface area contributed by atoms with Gasteiger partial charge in [-0.1, -0.05) is 41.9 Å². The molecule has 0 amide bonds. The fourth-order valence-corrected chi connectivity index (χ4v) is 4.45. The summed E-state index contributed by atoms with van der Waals surface area (Å²) in [6, 6.07) is 16.1. The average Bonchev–Trinajstić information content (AvgIpc) is 2.79. The van der Waals surface area contributed by atoms with E-state index in [1.165, 1.54) is 24.5 Å². The van der Waals surface area contributed by atoms with Gasteiger partial charge in [0.2, 0.25) is 21.9 Å². The van der Waals surface area contributed by atoms with Crippen molar-refractivity contribution >= 4 is 33.3 Å². The van der Waals surface area contributed by atoms with E-state index in [0.29, 0.717) is 16.8 Å². The first-order valence-electron chi connectivity index (χ1n) is 9.56. The van der Waals surface area contributed by atoms with Crippen molar-refractivity contribution in [1.82, 2.24) is 15.0 Å². The Labute approximate surface area is 194 Å². The number of sulfonamides is 1. The van der Waals surface area contributed by atoms with Crippen LogP contribution in [0.2, 0.25) is 5.02 Å². The fourth-order valence-electron chi connectivity index (χ4n) is 2.98. The molecule has 0 saturated carbocycles. The van der Waals surface area contributed by atoms with Crippen molar-refractivity contribution in [2.45, 2.75) is 5.75 Å². The van der Waals surface area contributed by atoms with Crippen molar-refractivity contribution in [3.05, 3.63) is 89.5 Å². The first-order valence-corrected chi connectivity index (χ1v) is 11.6. The van der Waals surface area contributed by atoms with Gasteiger partial charge in [-0.05, 0) is 35.9 Å². The third kappa shape index (κ3) is 5.36. The number of nitrogens with zero attached hydrogens (tertiary/aromatic N) is 3. The molecule has 0 fully saturated rings. The highest BCUT2D eigenvalue weighted by Crippen LogP contribution is 2.37. The monoisotopic (exact) mass is 485 g/mol. The van der Waals surface area contributed by atoms with Gasteiger partial charge < -0.3 is 10.5 Å². The van der Waals surface area contributed by atoms with Crippen LogP contribution in [0.5, 0.6) is 11.6 Å². The van der Waals surface area contributed by atoms with Gasteiger partial charge in [0.15, 0.2) is 11.6 Å². The molecular formula is C22H17ClFN5O3S. The summed E-state index contributed by atoms with van der Waals surface area (Å²) in [5.74, 6) is -1.36. The normalized spacial score (nSPS) is 11.2. The van der Waals surface area contributed by atoms with Crippen LogP contribution in [-0.4, -0.2) is 23.4 Å². The number of hydrogen-bond acceptors (Lipinski definition) is 7. The van der Waals surface area contributed by atoms with Gasteiger partial charge in [-0.2, -0.15) is 0 Å². The Kier molecular flexibility index (Phi) is 6.38. The molecule has 0 aliphatic rings. The molecule has 2 heterocycles. The molecular weight excluding hydrogens is 469 g/mol. The summed E-state index contributed by atoms with van der Waals surface area (Å²) in [4.78, 5) is 12.1. The van der Waals surface area contributed by atoms with Gasteiger partial charge in [0, 0.05) is 12.4 Å². The number of rotatable bonds is 7. The highest BCUT2D eigenvalue weighted by Gasteiger charge is 2.20. The second kappa shape index (κ2) is 9.39. The third-order valence-corrected chi connectivity index (χ3v) is 6.05. The highest BCUT2D eigenvalue weighted by atomic mass is 35.5. The van der Waals surface area contributed by atoms with Gasteiger partial charge in [-0.15, -0.1) is 0 Å². The maximum absolute atomic E-state index is 15.0. The Hall–Kier alpha value is -3.76. The van der Waals surface area contributed by atoms with Crippen LogP contribution in [-0.2, 0) is 15.8 Å². The smallest absolute Gasteiger partial charge is 0.236 e. The first kappa shape index (κ1) is 22.4. The molecule has 2 aromatic carbocycles. The van der Waals surface area contributed by atoms with Gasteiger partial charge in [-0.25, -0.2) is 27.8 Å². The van der Waals surface area contributed by atoms with E-state index < -0.39 is 20.9 Å². The minimum atomic E-state index is -3.83. The van der Waals surface area contributed by atoms with Crippen LogP contribution in [0.1, 0.15) is 5.56 Å². The van der Waals surface area contributed by atoms with Crippen LogP contribution in [0.15, 0.2) is 73.1 Å². The lowest BCUT2D eigenvalue weighted by molar-refractivity contribution is 0.429. The zero-order valence-corrected chi connectivity index (χ0v) is 18.5. The standard InChI is InChI=1S/C22H17ClFN5O3S/c23-19-17(29-33(30,31)13-14-5-2-1-3-6-14)8-9-18(20(19)24)32-21-15(7-4-11-26-21)16-10-12-27-22(25)28-16/h1-12,29H,13H2,(H2,25,27,28). The third-order valence-electron chi connectivity index (χ3n) is 4.44. The van der Waals surface area contributed by atoms with Crippen LogP contribution in [0, 0.1) is 5.82 Å². The van der Waals surface area contributed by atoms with Crippen LogP contribution >= 0.6 is 11.6 Å². The number of hydrogen-bond donors (Lipinski definition) is 2. The lowest BCUT2D eigenvalue weighted by Gasteiger charge is -2.14. The van der Waals surface area contributed by atoms with Crippen LogP contribution in [0.3, 0.4) is 0 Å². The number of nitrogen functional groups attached to an aromatic ring is 1. The number of aromatic nitrogens is 3. The minimum absolute atomic E-state index is 0.0583. The first-order chi connectivity index (χ1) is 15.8. The molecule has 4 rings (SSSR count). The maximum Gasteiger partial charge on any atom is 0.236 e. The molecule has 0 atom stereocenters. The Morgan fingerprint density at radius 1 is 1.00 bits per heavy atom. The molecule has 3 N–H and O–H groups in total. The fraction of sp³-hybridized carbons (Fsp3) is 0.0455. The molecule has 4 aromatic rings. The number of pyridine rings is 1. The van der Waals surface area contributed by atoms with E-state index >= 15 is 0 Å². The number of nitrogens with two attached hydrogens (primary N) is 1. The van der Waals surface area contributed by atoms with Crippen molar-refractivity contribution in [1.29, 1.82) is 0 Å². The van der Waals surface area contributed by atoms with Crippen LogP contribution in [0.25, 0.3) is 11.3 Å². The number of ether oxygens (including phenoxy) is 1. The summed E-state index contributed by atoms with van der Waals surface area (Å²) < 4.78 is 47.9. The predicted octanol–water partition coefficient (Wildman–Crippen LogP) is 4.65. The summed E-state index contributed by atoms with van der Waals surface area (Å²) >= 11 is 6.11. The number of anilines is 2. The summed E-state index contributed by atoms with van der Waals surface area (Å²) in [6.45, 7) is 0. The second-order valence-electron chi connectivity index (χ2n) is 6.84. The van der Waals surface area contributed by atoms with Crippen molar-refractivity contribution in [3.8, 4) is 22.9 Å². The van der Waals surface area contributed by atoms with E-state index in [1.807, 2.05) is 0 Å². The van der Waals surface area contributed by atoms with E-state index in [4.69, 9.17) is 22.1 Å². The molecule has 11 heteroatoms. The Morgan fingerprint density at radius 2 is 1.79 bits per heavy atom. The van der Waals surface area contributed by atoms with Crippen LogP contribution in [0.4, 0.5) is 16.0 Å². The summed E-state index contributed by atoms with van der Waals surface area (Å²) in [7, 11) is -3.83. The molecule has 0 bridgehead atoms. The number of halogens is 2. The summed E-state index contributed by atoms with van der Waals surface area (Å²) in [5, 5.41) is -0.437. The number of nitrogens with one attached hydrogen (secondary N) is 1. The lowest BCUT2D eigenvalue weighted by Crippen LogP contribution is -2.15. The van der Waals surface area contributed by atoms with Gasteiger partial charge in [0.05, 0.1) is 22.7 Å². The molecule has 0 unspecified atom stereocenters. The van der Waals surface area contributed by atoms with Gasteiger partial charge >= 0.3 is 0 Å². The molecule has 0 aliphatic carbocycles. The molecule has 0 radical (unpaired) electrons. The van der Waals surface area contributed by atoms with Gasteiger partial charge in [0.25, 0.3) is 0 Å². The summed E-state index contributed by atoms with van der Waals surface area (Å²) in [5.41, 5.74) is 7.00. The van der Waals surface area contributed by atoms with E-state index in [1.54, 1.807) is 48.5 Å². The van der Waals surface area contributed by atoms with Crippen LogP contribution < -0.4 is 15.2 Å². The molecule has 0 aliphatic heterocycles. The van der Waals surface area contributed by atoms with E-state index in [9.17, 15) is 12.8 Å².